The second-order valence-electron chi connectivity index (χ2n) is 0. The summed E-state index contributed by atoms with van der Waals surface area (Å²) >= 11 is 0. The summed E-state index contributed by atoms with van der Waals surface area (Å²) < 4.78 is 0. The van der Waals surface area contributed by atoms with E-state index in [1.54, 1.807) is 0 Å². The molecular formula is C6H6MoO6W-6. The van der Waals surface area contributed by atoms with E-state index in [1.165, 1.54) is 0 Å². The summed E-state index contributed by atoms with van der Waals surface area (Å²) in [4.78, 5) is 46.5. The standard InChI is InChI=1S/6CHO.Mo.W/c6*1-2;;/h6*1H;;/q6*-1;;. The van der Waals surface area contributed by atoms with E-state index in [1.807, 2.05) is 0 Å². The van der Waals surface area contributed by atoms with Crippen molar-refractivity contribution in [2.75, 3.05) is 0 Å². The first kappa shape index (κ1) is 70.7. The van der Waals surface area contributed by atoms with E-state index < -0.39 is 0 Å². The summed E-state index contributed by atoms with van der Waals surface area (Å²) in [5.74, 6) is 0. The molecule has 0 bridgehead atoms. The van der Waals surface area contributed by atoms with Crippen LogP contribution >= 0.6 is 0 Å². The Morgan fingerprint density at radius 2 is 0.357 bits per heavy atom. The zero-order valence-corrected chi connectivity index (χ0v) is 11.7. The number of carbonyl (C=O) groups excluding carboxylic acids is 6. The third-order valence-corrected chi connectivity index (χ3v) is 0. The molecule has 0 heterocycles. The van der Waals surface area contributed by atoms with Crippen LogP contribution < -0.4 is 0 Å². The predicted octanol–water partition coefficient (Wildman–Crippen LogP) is -1.65. The van der Waals surface area contributed by atoms with E-state index in [0.29, 0.717) is 0 Å². The Balaban J connectivity index is -0.00000000500. The molecule has 14 heavy (non-hydrogen) atoms. The molecule has 0 N–H and O–H groups in total. The van der Waals surface area contributed by atoms with Gasteiger partial charge < -0.3 is 28.8 Å². The first-order chi connectivity index (χ1) is 6.00. The van der Waals surface area contributed by atoms with Crippen LogP contribution in [-0.2, 0) is 70.9 Å². The first-order valence-electron chi connectivity index (χ1n) is 1.41. The summed E-state index contributed by atoms with van der Waals surface area (Å²) in [6, 6.07) is 0. The van der Waals surface area contributed by atoms with Crippen LogP contribution in [0, 0.1) is 0 Å². The van der Waals surface area contributed by atoms with Crippen molar-refractivity contribution >= 4 is 40.7 Å². The van der Waals surface area contributed by atoms with Crippen LogP contribution in [-0.4, -0.2) is 40.7 Å². The molecule has 0 spiro atoms. The Hall–Kier alpha value is -0.603. The maximum Gasteiger partial charge on any atom is 0 e. The average Bonchev–Trinajstić information content (AvgIpc) is 2.33. The molecule has 0 aliphatic heterocycles. The van der Waals surface area contributed by atoms with Crippen molar-refractivity contribution in [2.45, 2.75) is 0 Å². The Labute approximate surface area is 111 Å². The van der Waals surface area contributed by atoms with Gasteiger partial charge in [0.1, 0.15) is 0 Å². The van der Waals surface area contributed by atoms with Crippen LogP contribution in [0.15, 0.2) is 0 Å². The normalized spacial score (nSPS) is 1.71. The molecule has 0 aliphatic carbocycles. The molecule has 0 aliphatic rings. The Morgan fingerprint density at radius 3 is 0.357 bits per heavy atom. The van der Waals surface area contributed by atoms with Gasteiger partial charge in [0.2, 0.25) is 0 Å². The zero-order chi connectivity index (χ0) is 12.0. The van der Waals surface area contributed by atoms with Crippen molar-refractivity contribution in [3.63, 3.8) is 0 Å². The summed E-state index contributed by atoms with van der Waals surface area (Å²) in [5, 5.41) is 0. The molecule has 84 valence electrons. The molecule has 0 unspecified atom stereocenters. The van der Waals surface area contributed by atoms with Gasteiger partial charge in [-0.25, -0.2) is 0 Å². The molecule has 6 nitrogen and oxygen atoms in total. The van der Waals surface area contributed by atoms with E-state index >= 15 is 0 Å². The van der Waals surface area contributed by atoms with Gasteiger partial charge in [-0.3, -0.25) is 40.7 Å². The minimum absolute atomic E-state index is 0. The maximum absolute atomic E-state index is 7.75. The van der Waals surface area contributed by atoms with Crippen molar-refractivity contribution < 1.29 is 70.9 Å². The second-order valence-corrected chi connectivity index (χ2v) is 0. The Kier molecular flexibility index (Phi) is 22300. The third-order valence-electron chi connectivity index (χ3n) is 0. The molecule has 0 saturated carbocycles. The Bertz CT molecular complexity index is 37.8. The van der Waals surface area contributed by atoms with Crippen LogP contribution in [0.3, 0.4) is 0 Å². The van der Waals surface area contributed by atoms with Crippen molar-refractivity contribution in [3.05, 3.63) is 0 Å². The predicted molar refractivity (Wildman–Crippen MR) is 40.5 cm³/mol. The summed E-state index contributed by atoms with van der Waals surface area (Å²) in [5.41, 5.74) is 0. The van der Waals surface area contributed by atoms with Gasteiger partial charge in [0.05, 0.1) is 0 Å². The smallest absolute Gasteiger partial charge is 0 e. The number of rotatable bonds is 0. The number of hydrogen-bond donors (Lipinski definition) is 0. The fraction of sp³-hybridized carbons (Fsp3) is 0. The molecular weight excluding hydrogens is 448 g/mol. The van der Waals surface area contributed by atoms with Crippen LogP contribution in [0.5, 0.6) is 0 Å². The van der Waals surface area contributed by atoms with Crippen molar-refractivity contribution in [1.82, 2.24) is 0 Å². The van der Waals surface area contributed by atoms with Gasteiger partial charge in [0.25, 0.3) is 0 Å². The minimum Gasteiger partial charge on any atom is -0.545 e. The van der Waals surface area contributed by atoms with E-state index in [0.717, 1.165) is 0 Å². The van der Waals surface area contributed by atoms with Crippen molar-refractivity contribution in [2.24, 2.45) is 0 Å². The monoisotopic (exact) mass is 456 g/mol. The van der Waals surface area contributed by atoms with Crippen LogP contribution in [0.4, 0.5) is 0 Å². The minimum atomic E-state index is 0. The molecule has 0 aromatic heterocycles. The van der Waals surface area contributed by atoms with E-state index in [4.69, 9.17) is 28.8 Å². The van der Waals surface area contributed by atoms with E-state index in [2.05, 4.69) is 40.7 Å². The summed E-state index contributed by atoms with van der Waals surface area (Å²) in [6.07, 6.45) is 0. The molecule has 0 aromatic carbocycles. The summed E-state index contributed by atoms with van der Waals surface area (Å²) in [6.45, 7) is 19.5. The topological polar surface area (TPSA) is 102 Å². The average molecular weight is 454 g/mol. The fourth-order valence-electron chi connectivity index (χ4n) is 0. The van der Waals surface area contributed by atoms with E-state index in [-0.39, 0.29) is 42.1 Å². The largest absolute Gasteiger partial charge is 0.545 e. The molecule has 0 fully saturated rings. The first-order valence-corrected chi connectivity index (χ1v) is 1.41. The van der Waals surface area contributed by atoms with Gasteiger partial charge in [-0.1, -0.05) is 0 Å². The van der Waals surface area contributed by atoms with Crippen LogP contribution in [0.25, 0.3) is 0 Å². The van der Waals surface area contributed by atoms with Crippen LogP contribution in [0.1, 0.15) is 0 Å². The molecule has 0 atom stereocenters. The third kappa shape index (κ3) is 3380. The SMILES string of the molecule is [CH-]=O.[CH-]=O.[CH-]=O.[CH-]=O.[CH-]=O.[CH-]=O.[Mo].[W]. The molecule has 0 aromatic rings. The molecule has 0 amide bonds. The second kappa shape index (κ2) is 4420. The molecule has 0 rings (SSSR count). The van der Waals surface area contributed by atoms with Gasteiger partial charge in [0, 0.05) is 42.1 Å². The molecule has 8 heteroatoms. The Morgan fingerprint density at radius 1 is 0.357 bits per heavy atom. The van der Waals surface area contributed by atoms with E-state index in [9.17, 15) is 0 Å². The molecule has 0 radical (unpaired) electrons. The summed E-state index contributed by atoms with van der Waals surface area (Å²) in [7, 11) is 0. The van der Waals surface area contributed by atoms with Gasteiger partial charge in [-0.2, -0.15) is 0 Å². The van der Waals surface area contributed by atoms with Gasteiger partial charge >= 0.3 is 0 Å². The zero-order valence-electron chi connectivity index (χ0n) is 6.73. The quantitative estimate of drug-likeness (QED) is 0.247. The molecule has 0 saturated heterocycles. The van der Waals surface area contributed by atoms with Gasteiger partial charge in [-0.05, 0) is 0 Å². The van der Waals surface area contributed by atoms with Crippen LogP contribution in [0.2, 0.25) is 0 Å². The number of hydrogen-bond acceptors (Lipinski definition) is 6. The fourth-order valence-corrected chi connectivity index (χ4v) is 0. The van der Waals surface area contributed by atoms with Gasteiger partial charge in [0.15, 0.2) is 0 Å². The van der Waals surface area contributed by atoms with Crippen molar-refractivity contribution in [3.8, 4) is 0 Å². The van der Waals surface area contributed by atoms with Gasteiger partial charge in [-0.15, -0.1) is 0 Å². The maximum atomic E-state index is 7.75. The van der Waals surface area contributed by atoms with Crippen molar-refractivity contribution in [1.29, 1.82) is 0 Å².